The lowest BCUT2D eigenvalue weighted by Gasteiger charge is -2.37. The maximum Gasteiger partial charge on any atom is 0.333 e. The van der Waals surface area contributed by atoms with Crippen LogP contribution in [-0.4, -0.2) is 46.2 Å². The van der Waals surface area contributed by atoms with Crippen molar-refractivity contribution >= 4 is 34.9 Å². The molecule has 7 heteroatoms. The fourth-order valence-corrected chi connectivity index (χ4v) is 14.7. The summed E-state index contributed by atoms with van der Waals surface area (Å²) in [6.07, 6.45) is 33.3. The lowest BCUT2D eigenvalue weighted by molar-refractivity contribution is -0.438. The lowest BCUT2D eigenvalue weighted by Crippen LogP contribution is -2.36. The molecule has 4 aliphatic carbocycles. The SMILES string of the molecule is CCCCN1C(=CC=CC=CC=CC2=[N+](CCCCCC(=O)ON3C(=O)CCC3=O)c3cc4c(cc3C23CCCCC3)-c2ccc(C)cc2C4(C)C)C2(CCCCC2)c2cc3c(cc21)C(C)(C)c1cc(C)ccc1-3. The molecule has 3 fully saturated rings. The minimum absolute atomic E-state index is 0.0298. The molecule has 384 valence electrons. The highest BCUT2D eigenvalue weighted by atomic mass is 16.7. The van der Waals surface area contributed by atoms with Crippen LogP contribution in [0.5, 0.6) is 0 Å². The summed E-state index contributed by atoms with van der Waals surface area (Å²) >= 11 is 0. The average molecular weight is 989 g/mol. The van der Waals surface area contributed by atoms with E-state index in [-0.39, 0.29) is 40.9 Å². The van der Waals surface area contributed by atoms with Crippen LogP contribution in [0.3, 0.4) is 0 Å². The third kappa shape index (κ3) is 8.30. The van der Waals surface area contributed by atoms with E-state index in [0.717, 1.165) is 45.2 Å². The number of benzene rings is 4. The highest BCUT2D eigenvalue weighted by Gasteiger charge is 2.53. The Kier molecular flexibility index (Phi) is 13.2. The molecule has 0 bridgehead atoms. The quantitative estimate of drug-likeness (QED) is 0.0545. The molecule has 3 heterocycles. The van der Waals surface area contributed by atoms with E-state index in [1.54, 1.807) is 5.56 Å². The topological polar surface area (TPSA) is 69.9 Å². The van der Waals surface area contributed by atoms with Gasteiger partial charge in [0.15, 0.2) is 5.71 Å². The summed E-state index contributed by atoms with van der Waals surface area (Å²) in [6, 6.07) is 24.4. The van der Waals surface area contributed by atoms with Gasteiger partial charge in [0, 0.05) is 77.6 Å². The van der Waals surface area contributed by atoms with Crippen LogP contribution < -0.4 is 4.90 Å². The smallest absolute Gasteiger partial charge is 0.333 e. The van der Waals surface area contributed by atoms with Gasteiger partial charge in [-0.25, -0.2) is 4.79 Å². The van der Waals surface area contributed by atoms with E-state index in [0.29, 0.717) is 11.5 Å². The van der Waals surface area contributed by atoms with Crippen LogP contribution in [0, 0.1) is 13.8 Å². The second-order valence-electron chi connectivity index (χ2n) is 24.0. The number of unbranched alkanes of at least 4 members (excludes halogenated alkanes) is 3. The highest BCUT2D eigenvalue weighted by Crippen LogP contribution is 2.60. The van der Waals surface area contributed by atoms with E-state index in [1.165, 1.54) is 142 Å². The number of rotatable bonds is 14. The molecule has 4 aromatic rings. The van der Waals surface area contributed by atoms with Crippen molar-refractivity contribution in [1.29, 1.82) is 0 Å². The lowest BCUT2D eigenvalue weighted by atomic mass is 9.66. The van der Waals surface area contributed by atoms with Gasteiger partial charge in [0.2, 0.25) is 5.69 Å². The van der Waals surface area contributed by atoms with Gasteiger partial charge < -0.3 is 9.74 Å². The summed E-state index contributed by atoms with van der Waals surface area (Å²) < 4.78 is 2.62. The second kappa shape index (κ2) is 19.6. The molecule has 0 atom stereocenters. The van der Waals surface area contributed by atoms with E-state index in [2.05, 4.69) is 161 Å². The largest absolute Gasteiger partial charge is 0.344 e. The zero-order valence-electron chi connectivity index (χ0n) is 45.4. The van der Waals surface area contributed by atoms with Gasteiger partial charge in [0.1, 0.15) is 6.54 Å². The number of hydrogen-bond donors (Lipinski definition) is 0. The van der Waals surface area contributed by atoms with Crippen LogP contribution in [0.2, 0.25) is 0 Å². The Balaban J connectivity index is 0.897. The molecule has 0 unspecified atom stereocenters. The van der Waals surface area contributed by atoms with E-state index in [9.17, 15) is 14.4 Å². The van der Waals surface area contributed by atoms with Crippen molar-refractivity contribution in [3.8, 4) is 22.3 Å². The van der Waals surface area contributed by atoms with Gasteiger partial charge >= 0.3 is 5.97 Å². The molecule has 0 radical (unpaired) electrons. The van der Waals surface area contributed by atoms with Crippen molar-refractivity contribution in [2.75, 3.05) is 18.0 Å². The van der Waals surface area contributed by atoms with Crippen molar-refractivity contribution in [1.82, 2.24) is 5.06 Å². The highest BCUT2D eigenvalue weighted by molar-refractivity contribution is 6.05. The fraction of sp³-hybridized carbons (Fsp3) is 0.463. The number of fused-ring (bicyclic) bond motifs is 10. The number of carbonyl (C=O) groups excluding carboxylic acids is 3. The molecule has 7 nitrogen and oxygen atoms in total. The number of amides is 2. The Hall–Kier alpha value is -6.08. The Labute approximate surface area is 441 Å². The number of aryl methyl sites for hydroxylation is 2. The van der Waals surface area contributed by atoms with E-state index in [1.807, 2.05) is 0 Å². The Morgan fingerprint density at radius 2 is 1.18 bits per heavy atom. The van der Waals surface area contributed by atoms with E-state index in [4.69, 9.17) is 4.84 Å². The monoisotopic (exact) mass is 989 g/mol. The van der Waals surface area contributed by atoms with Crippen LogP contribution in [0.25, 0.3) is 22.3 Å². The molecule has 74 heavy (non-hydrogen) atoms. The number of carbonyl (C=O) groups is 3. The molecule has 0 N–H and O–H groups in total. The molecule has 3 aliphatic heterocycles. The van der Waals surface area contributed by atoms with Crippen LogP contribution >= 0.6 is 0 Å². The zero-order valence-corrected chi connectivity index (χ0v) is 45.4. The van der Waals surface area contributed by atoms with Gasteiger partial charge in [-0.15, -0.1) is 5.06 Å². The van der Waals surface area contributed by atoms with E-state index < -0.39 is 17.8 Å². The maximum absolute atomic E-state index is 12.7. The van der Waals surface area contributed by atoms with Gasteiger partial charge in [0.05, 0.1) is 5.41 Å². The molecule has 2 amide bonds. The van der Waals surface area contributed by atoms with Crippen molar-refractivity contribution in [3.05, 3.63) is 153 Å². The van der Waals surface area contributed by atoms with Crippen LogP contribution in [0.1, 0.15) is 195 Å². The van der Waals surface area contributed by atoms with Crippen molar-refractivity contribution in [3.63, 3.8) is 0 Å². The molecule has 7 aliphatic rings. The molecular formula is C67H78N3O4+. The summed E-state index contributed by atoms with van der Waals surface area (Å²) in [5.41, 5.74) is 22.4. The molecule has 4 aromatic carbocycles. The summed E-state index contributed by atoms with van der Waals surface area (Å²) in [5, 5.41) is 0.662. The van der Waals surface area contributed by atoms with Crippen molar-refractivity contribution in [2.24, 2.45) is 0 Å². The molecule has 1 saturated heterocycles. The third-order valence-electron chi connectivity index (χ3n) is 18.6. The minimum atomic E-state index is -0.523. The second-order valence-corrected chi connectivity index (χ2v) is 24.0. The molecule has 2 spiro atoms. The molecule has 11 rings (SSSR count). The first-order valence-electron chi connectivity index (χ1n) is 28.5. The number of hydroxylamine groups is 2. The van der Waals surface area contributed by atoms with Gasteiger partial charge in [-0.3, -0.25) is 9.59 Å². The molecule has 2 saturated carbocycles. The summed E-state index contributed by atoms with van der Waals surface area (Å²) in [7, 11) is 0. The number of hydrogen-bond acceptors (Lipinski definition) is 5. The Morgan fingerprint density at radius 3 is 1.81 bits per heavy atom. The maximum atomic E-state index is 12.7. The first-order chi connectivity index (χ1) is 35.7. The number of imide groups is 1. The Bertz CT molecular complexity index is 3090. The first-order valence-corrected chi connectivity index (χ1v) is 28.5. The Morgan fingerprint density at radius 1 is 0.608 bits per heavy atom. The number of allylic oxidation sites excluding steroid dienone is 8. The predicted octanol–water partition coefficient (Wildman–Crippen LogP) is 15.5. The average Bonchev–Trinajstić information content (AvgIpc) is 4.08. The van der Waals surface area contributed by atoms with Crippen molar-refractivity contribution < 1.29 is 23.8 Å². The van der Waals surface area contributed by atoms with Gasteiger partial charge in [-0.2, -0.15) is 4.58 Å². The molecule has 0 aromatic heterocycles. The summed E-state index contributed by atoms with van der Waals surface area (Å²) in [4.78, 5) is 44.8. The van der Waals surface area contributed by atoms with Gasteiger partial charge in [-0.1, -0.05) is 157 Å². The predicted molar refractivity (Wildman–Crippen MR) is 300 cm³/mol. The zero-order chi connectivity index (χ0) is 51.6. The normalized spacial score (nSPS) is 21.0. The number of nitrogens with zero attached hydrogens (tertiary/aromatic N) is 3. The van der Waals surface area contributed by atoms with Gasteiger partial charge in [-0.05, 0) is 133 Å². The van der Waals surface area contributed by atoms with E-state index >= 15 is 0 Å². The fourth-order valence-electron chi connectivity index (χ4n) is 14.7. The summed E-state index contributed by atoms with van der Waals surface area (Å²) in [6.45, 7) is 18.2. The number of anilines is 1. The first kappa shape index (κ1) is 50.1. The van der Waals surface area contributed by atoms with Crippen molar-refractivity contribution in [2.45, 2.75) is 186 Å². The van der Waals surface area contributed by atoms with Crippen LogP contribution in [0.15, 0.2) is 109 Å². The third-order valence-corrected chi connectivity index (χ3v) is 18.6. The van der Waals surface area contributed by atoms with Gasteiger partial charge in [0.25, 0.3) is 11.8 Å². The summed E-state index contributed by atoms with van der Waals surface area (Å²) in [5.74, 6) is -1.40. The minimum Gasteiger partial charge on any atom is -0.344 e. The standard InChI is InChI=1S/C67H78N3O4/c1-8-9-37-68-57-43-53-49(47-29-27-45(2)39-51(47)64(53,4)5)41-55(57)66(33-19-14-20-34-66)59(68)24-16-11-10-12-17-25-60-67(35-21-15-22-36-67)56-42-50-48-30-28-46(3)40-52(48)65(6,7)54(50)44-58(56)69(60)38-23-13-18-26-63(73)74-70-61(71)31-32-62(70)72/h10-12,16-17,24-25,27-30,39-44H,8-9,13-15,18-23,26,31-38H2,1-7H3/q+1. The molecular weight excluding hydrogens is 911 g/mol. The van der Waals surface area contributed by atoms with Crippen LogP contribution in [-0.2, 0) is 40.9 Å². The van der Waals surface area contributed by atoms with Crippen LogP contribution in [0.4, 0.5) is 11.4 Å².